The summed E-state index contributed by atoms with van der Waals surface area (Å²) in [6.07, 6.45) is -0.610. The first-order valence-electron chi connectivity index (χ1n) is 5.02. The number of nitrogens with two attached hydrogens (primary N) is 1. The first kappa shape index (κ1) is 12.8. The molecule has 0 saturated carbocycles. The molecule has 1 aromatic rings. The van der Waals surface area contributed by atoms with Crippen LogP contribution in [0.2, 0.25) is 0 Å². The van der Waals surface area contributed by atoms with E-state index >= 15 is 0 Å². The highest BCUT2D eigenvalue weighted by atomic mass is 16.5. The summed E-state index contributed by atoms with van der Waals surface area (Å²) < 4.78 is 10.5. The van der Waals surface area contributed by atoms with E-state index in [2.05, 4.69) is 0 Å². The maximum atomic E-state index is 9.53. The lowest BCUT2D eigenvalue weighted by molar-refractivity contribution is 0.0764. The fourth-order valence-electron chi connectivity index (χ4n) is 1.27. The highest BCUT2D eigenvalue weighted by Gasteiger charge is 2.07. The lowest BCUT2D eigenvalue weighted by atomic mass is 10.3. The standard InChI is InChI=1S/C11H18N2O3/c1-13(12)7-9(14)8-16-11-5-3-4-10(6-11)15-2/h3-6,9,14H,7-8,12H2,1-2H3. The summed E-state index contributed by atoms with van der Waals surface area (Å²) >= 11 is 0. The number of likely N-dealkylation sites (N-methyl/N-ethyl adjacent to an activating group) is 1. The number of hydrazine groups is 1. The number of hydrogen-bond donors (Lipinski definition) is 2. The van der Waals surface area contributed by atoms with Gasteiger partial charge in [-0.2, -0.15) is 0 Å². The number of nitrogens with zero attached hydrogens (tertiary/aromatic N) is 1. The zero-order valence-electron chi connectivity index (χ0n) is 9.59. The number of aliphatic hydroxyl groups excluding tert-OH is 1. The minimum absolute atomic E-state index is 0.203. The van der Waals surface area contributed by atoms with Crippen molar-refractivity contribution in [2.75, 3.05) is 27.3 Å². The largest absolute Gasteiger partial charge is 0.497 e. The summed E-state index contributed by atoms with van der Waals surface area (Å²) in [6.45, 7) is 0.568. The molecule has 0 aromatic heterocycles. The van der Waals surface area contributed by atoms with Crippen molar-refractivity contribution in [2.45, 2.75) is 6.10 Å². The molecule has 1 rings (SSSR count). The van der Waals surface area contributed by atoms with E-state index in [1.165, 1.54) is 5.01 Å². The van der Waals surface area contributed by atoms with Crippen LogP contribution in [0, 0.1) is 0 Å². The Kier molecular flexibility index (Phi) is 5.04. The summed E-state index contributed by atoms with van der Waals surface area (Å²) in [7, 11) is 3.28. The fourth-order valence-corrected chi connectivity index (χ4v) is 1.27. The Labute approximate surface area is 95.3 Å². The van der Waals surface area contributed by atoms with Crippen molar-refractivity contribution in [2.24, 2.45) is 5.84 Å². The molecule has 5 nitrogen and oxygen atoms in total. The third-order valence-corrected chi connectivity index (χ3v) is 1.98. The van der Waals surface area contributed by atoms with Gasteiger partial charge in [0.15, 0.2) is 0 Å². The zero-order chi connectivity index (χ0) is 12.0. The topological polar surface area (TPSA) is 68.0 Å². The number of methoxy groups -OCH3 is 1. The quantitative estimate of drug-likeness (QED) is 0.537. The van der Waals surface area contributed by atoms with E-state index < -0.39 is 6.10 Å². The maximum absolute atomic E-state index is 9.53. The van der Waals surface area contributed by atoms with Crippen LogP contribution in [0.3, 0.4) is 0 Å². The van der Waals surface area contributed by atoms with Crippen LogP contribution in [0.4, 0.5) is 0 Å². The van der Waals surface area contributed by atoms with E-state index in [1.54, 1.807) is 26.3 Å². The number of hydrogen-bond acceptors (Lipinski definition) is 5. The lowest BCUT2D eigenvalue weighted by Crippen LogP contribution is -2.37. The summed E-state index contributed by atoms with van der Waals surface area (Å²) in [5, 5.41) is 10.9. The third kappa shape index (κ3) is 4.48. The molecule has 1 unspecified atom stereocenters. The molecule has 0 bridgehead atoms. The van der Waals surface area contributed by atoms with Crippen LogP contribution in [0.5, 0.6) is 11.5 Å². The summed E-state index contributed by atoms with van der Waals surface area (Å²) in [5.74, 6) is 6.80. The molecular formula is C11H18N2O3. The Hall–Kier alpha value is -1.30. The van der Waals surface area contributed by atoms with Crippen molar-refractivity contribution >= 4 is 0 Å². The number of rotatable bonds is 6. The van der Waals surface area contributed by atoms with Crippen molar-refractivity contribution in [1.82, 2.24) is 5.01 Å². The summed E-state index contributed by atoms with van der Waals surface area (Å²) in [5.41, 5.74) is 0. The van der Waals surface area contributed by atoms with E-state index in [4.69, 9.17) is 15.3 Å². The second-order valence-electron chi connectivity index (χ2n) is 3.58. The van der Waals surface area contributed by atoms with Gasteiger partial charge in [-0.05, 0) is 12.1 Å². The van der Waals surface area contributed by atoms with Crippen LogP contribution >= 0.6 is 0 Å². The Balaban J connectivity index is 2.41. The van der Waals surface area contributed by atoms with Gasteiger partial charge >= 0.3 is 0 Å². The molecule has 0 amide bonds. The van der Waals surface area contributed by atoms with Gasteiger partial charge in [-0.25, -0.2) is 5.01 Å². The molecule has 0 aliphatic heterocycles. The summed E-state index contributed by atoms with van der Waals surface area (Å²) in [4.78, 5) is 0. The lowest BCUT2D eigenvalue weighted by Gasteiger charge is -2.16. The zero-order valence-corrected chi connectivity index (χ0v) is 9.59. The van der Waals surface area contributed by atoms with Gasteiger partial charge in [0.25, 0.3) is 0 Å². The molecule has 5 heteroatoms. The van der Waals surface area contributed by atoms with Crippen molar-refractivity contribution in [3.8, 4) is 11.5 Å². The third-order valence-electron chi connectivity index (χ3n) is 1.98. The van der Waals surface area contributed by atoms with Crippen LogP contribution in [0.25, 0.3) is 0 Å². The van der Waals surface area contributed by atoms with Crippen LogP contribution in [-0.4, -0.2) is 43.5 Å². The van der Waals surface area contributed by atoms with Crippen LogP contribution < -0.4 is 15.3 Å². The monoisotopic (exact) mass is 226 g/mol. The van der Waals surface area contributed by atoms with E-state index in [-0.39, 0.29) is 6.61 Å². The minimum Gasteiger partial charge on any atom is -0.497 e. The Morgan fingerprint density at radius 3 is 2.75 bits per heavy atom. The van der Waals surface area contributed by atoms with E-state index in [1.807, 2.05) is 12.1 Å². The Morgan fingerprint density at radius 2 is 2.12 bits per heavy atom. The van der Waals surface area contributed by atoms with Crippen molar-refractivity contribution in [3.05, 3.63) is 24.3 Å². The molecule has 0 spiro atoms. The molecule has 3 N–H and O–H groups in total. The predicted octanol–water partition coefficient (Wildman–Crippen LogP) is 0.240. The minimum atomic E-state index is -0.610. The van der Waals surface area contributed by atoms with Crippen LogP contribution in [-0.2, 0) is 0 Å². The fraction of sp³-hybridized carbons (Fsp3) is 0.455. The van der Waals surface area contributed by atoms with Gasteiger partial charge in [0.2, 0.25) is 0 Å². The molecular weight excluding hydrogens is 208 g/mol. The highest BCUT2D eigenvalue weighted by Crippen LogP contribution is 2.18. The average Bonchev–Trinajstić information content (AvgIpc) is 2.26. The normalized spacial score (nSPS) is 12.6. The average molecular weight is 226 g/mol. The molecule has 1 atom stereocenters. The molecule has 0 fully saturated rings. The molecule has 0 heterocycles. The maximum Gasteiger partial charge on any atom is 0.123 e. The highest BCUT2D eigenvalue weighted by molar-refractivity contribution is 5.32. The van der Waals surface area contributed by atoms with Gasteiger partial charge in [0.1, 0.15) is 24.2 Å². The smallest absolute Gasteiger partial charge is 0.123 e. The van der Waals surface area contributed by atoms with E-state index in [9.17, 15) is 5.11 Å². The SMILES string of the molecule is COc1cccc(OCC(O)CN(C)N)c1. The molecule has 0 saturated heterocycles. The Morgan fingerprint density at radius 1 is 1.44 bits per heavy atom. The number of aliphatic hydroxyl groups is 1. The van der Waals surface area contributed by atoms with Gasteiger partial charge < -0.3 is 14.6 Å². The molecule has 1 aromatic carbocycles. The van der Waals surface area contributed by atoms with Crippen molar-refractivity contribution in [3.63, 3.8) is 0 Å². The molecule has 0 aliphatic carbocycles. The second kappa shape index (κ2) is 6.32. The van der Waals surface area contributed by atoms with E-state index in [0.717, 1.165) is 5.75 Å². The van der Waals surface area contributed by atoms with Gasteiger partial charge in [0, 0.05) is 19.7 Å². The first-order chi connectivity index (χ1) is 7.61. The number of ether oxygens (including phenoxy) is 2. The van der Waals surface area contributed by atoms with Crippen molar-refractivity contribution < 1.29 is 14.6 Å². The Bertz CT molecular complexity index is 318. The molecule has 0 radical (unpaired) electrons. The van der Waals surface area contributed by atoms with Gasteiger partial charge in [-0.3, -0.25) is 5.84 Å². The predicted molar refractivity (Wildman–Crippen MR) is 61.3 cm³/mol. The van der Waals surface area contributed by atoms with Gasteiger partial charge in [-0.1, -0.05) is 6.07 Å². The van der Waals surface area contributed by atoms with Gasteiger partial charge in [-0.15, -0.1) is 0 Å². The molecule has 0 aliphatic rings. The first-order valence-corrected chi connectivity index (χ1v) is 5.02. The van der Waals surface area contributed by atoms with Crippen LogP contribution in [0.1, 0.15) is 0 Å². The van der Waals surface area contributed by atoms with E-state index in [0.29, 0.717) is 12.3 Å². The van der Waals surface area contributed by atoms with Crippen LogP contribution in [0.15, 0.2) is 24.3 Å². The second-order valence-corrected chi connectivity index (χ2v) is 3.58. The number of benzene rings is 1. The van der Waals surface area contributed by atoms with Crippen molar-refractivity contribution in [1.29, 1.82) is 0 Å². The molecule has 90 valence electrons. The van der Waals surface area contributed by atoms with Gasteiger partial charge in [0.05, 0.1) is 7.11 Å². The summed E-state index contributed by atoms with van der Waals surface area (Å²) in [6, 6.07) is 7.23. The molecule has 16 heavy (non-hydrogen) atoms.